The molecule has 0 saturated carbocycles. The summed E-state index contributed by atoms with van der Waals surface area (Å²) >= 11 is 7.68. The molecule has 0 spiro atoms. The molecule has 2 aromatic carbocycles. The van der Waals surface area contributed by atoms with Crippen molar-refractivity contribution in [2.24, 2.45) is 0 Å². The zero-order chi connectivity index (χ0) is 26.0. The van der Waals surface area contributed by atoms with E-state index in [1.54, 1.807) is 49.8 Å². The summed E-state index contributed by atoms with van der Waals surface area (Å²) in [6.45, 7) is 1.17. The molecular weight excluding hydrogens is 534 g/mol. The molecule has 37 heavy (non-hydrogen) atoms. The van der Waals surface area contributed by atoms with Crippen LogP contribution in [0.5, 0.6) is 5.75 Å². The van der Waals surface area contributed by atoms with Crippen LogP contribution in [0.25, 0.3) is 10.2 Å². The molecule has 1 amide bonds. The van der Waals surface area contributed by atoms with Gasteiger partial charge in [0.25, 0.3) is 5.91 Å². The Morgan fingerprint density at radius 2 is 1.84 bits per heavy atom. The van der Waals surface area contributed by atoms with Crippen LogP contribution < -0.4 is 9.64 Å². The number of hydrogen-bond donors (Lipinski definition) is 0. The number of halogens is 1. The Balaban J connectivity index is 1.48. The average Bonchev–Trinajstić information content (AvgIpc) is 3.51. The zero-order valence-corrected chi connectivity index (χ0v) is 22.6. The molecule has 4 aromatic rings. The third-order valence-electron chi connectivity index (χ3n) is 6.34. The van der Waals surface area contributed by atoms with E-state index in [1.807, 2.05) is 0 Å². The number of amides is 1. The van der Waals surface area contributed by atoms with E-state index in [9.17, 15) is 13.2 Å². The number of benzene rings is 2. The van der Waals surface area contributed by atoms with Crippen molar-refractivity contribution in [3.05, 3.63) is 71.1 Å². The van der Waals surface area contributed by atoms with Crippen LogP contribution in [0.3, 0.4) is 0 Å². The summed E-state index contributed by atoms with van der Waals surface area (Å²) in [4.78, 5) is 20.1. The molecule has 0 N–H and O–H groups in total. The van der Waals surface area contributed by atoms with Crippen molar-refractivity contribution in [2.45, 2.75) is 37.1 Å². The van der Waals surface area contributed by atoms with Crippen molar-refractivity contribution in [1.29, 1.82) is 0 Å². The highest BCUT2D eigenvalue weighted by Gasteiger charge is 2.27. The number of hydrogen-bond acceptors (Lipinski definition) is 7. The van der Waals surface area contributed by atoms with Crippen LogP contribution in [-0.2, 0) is 16.6 Å². The second kappa shape index (κ2) is 10.8. The largest absolute Gasteiger partial charge is 0.494 e. The first-order chi connectivity index (χ1) is 17.9. The van der Waals surface area contributed by atoms with Crippen LogP contribution in [0.1, 0.15) is 41.8 Å². The maximum atomic E-state index is 13.7. The number of fused-ring (bicyclic) bond motifs is 1. The fourth-order valence-corrected chi connectivity index (χ4v) is 7.13. The molecule has 0 bridgehead atoms. The number of thiazole rings is 1. The van der Waals surface area contributed by atoms with Crippen LogP contribution in [0, 0.1) is 0 Å². The first-order valence-electron chi connectivity index (χ1n) is 12.0. The van der Waals surface area contributed by atoms with Gasteiger partial charge < -0.3 is 9.15 Å². The van der Waals surface area contributed by atoms with E-state index in [2.05, 4.69) is 4.98 Å². The van der Waals surface area contributed by atoms with E-state index in [1.165, 1.54) is 32.7 Å². The predicted octanol–water partition coefficient (Wildman–Crippen LogP) is 5.96. The highest BCUT2D eigenvalue weighted by Crippen LogP contribution is 2.39. The van der Waals surface area contributed by atoms with Gasteiger partial charge in [-0.25, -0.2) is 13.4 Å². The Morgan fingerprint density at radius 1 is 1.11 bits per heavy atom. The maximum absolute atomic E-state index is 13.7. The fraction of sp³-hybridized carbons (Fsp3) is 0.308. The Morgan fingerprint density at radius 3 is 2.49 bits per heavy atom. The summed E-state index contributed by atoms with van der Waals surface area (Å²) in [5.74, 6) is 0.783. The van der Waals surface area contributed by atoms with E-state index in [4.69, 9.17) is 20.8 Å². The summed E-state index contributed by atoms with van der Waals surface area (Å²) in [7, 11) is -2.07. The van der Waals surface area contributed by atoms with Gasteiger partial charge >= 0.3 is 0 Å². The van der Waals surface area contributed by atoms with E-state index in [0.717, 1.165) is 25.7 Å². The number of furan rings is 1. The summed E-state index contributed by atoms with van der Waals surface area (Å²) in [5.41, 5.74) is 0.893. The summed E-state index contributed by atoms with van der Waals surface area (Å²) in [6.07, 6.45) is 5.32. The van der Waals surface area contributed by atoms with Crippen molar-refractivity contribution >= 4 is 54.2 Å². The summed E-state index contributed by atoms with van der Waals surface area (Å²) < 4.78 is 39.5. The molecule has 0 aliphatic carbocycles. The van der Waals surface area contributed by atoms with Crippen LogP contribution in [0.2, 0.25) is 5.02 Å². The lowest BCUT2D eigenvalue weighted by Crippen LogP contribution is -2.32. The Labute approximate surface area is 224 Å². The highest BCUT2D eigenvalue weighted by molar-refractivity contribution is 7.89. The number of anilines is 1. The van der Waals surface area contributed by atoms with Gasteiger partial charge in [-0.3, -0.25) is 9.69 Å². The Kier molecular flexibility index (Phi) is 7.52. The number of carbonyl (C=O) groups is 1. The van der Waals surface area contributed by atoms with Crippen molar-refractivity contribution < 1.29 is 22.4 Å². The number of methoxy groups -OCH3 is 1. The van der Waals surface area contributed by atoms with Crippen LogP contribution >= 0.6 is 22.9 Å². The number of carbonyl (C=O) groups excluding carboxylic acids is 1. The number of rotatable bonds is 7. The van der Waals surface area contributed by atoms with Gasteiger partial charge in [0.2, 0.25) is 10.0 Å². The highest BCUT2D eigenvalue weighted by atomic mass is 35.5. The van der Waals surface area contributed by atoms with Gasteiger partial charge in [-0.05, 0) is 61.4 Å². The fourth-order valence-electron chi connectivity index (χ4n) is 4.36. The van der Waals surface area contributed by atoms with Crippen molar-refractivity contribution in [1.82, 2.24) is 9.29 Å². The molecule has 0 atom stereocenters. The predicted molar refractivity (Wildman–Crippen MR) is 144 cm³/mol. The average molecular weight is 560 g/mol. The SMILES string of the molecule is COc1ccc(Cl)c2sc(N(Cc3ccco3)C(=O)c3ccc(S(=O)(=O)N4CCCCCC4)cc3)nc12. The molecule has 1 aliphatic heterocycles. The van der Waals surface area contributed by atoms with Crippen molar-refractivity contribution in [2.75, 3.05) is 25.1 Å². The quantitative estimate of drug-likeness (QED) is 0.277. The number of ether oxygens (including phenoxy) is 1. The first kappa shape index (κ1) is 25.7. The standard InChI is InChI=1S/C26H26ClN3O5S2/c1-34-22-13-12-21(27)24-23(22)28-26(36-24)30(17-19-7-6-16-35-19)25(31)18-8-10-20(11-9-18)37(32,33)29-14-4-2-3-5-15-29/h6-13,16H,2-5,14-15,17H2,1H3. The third-order valence-corrected chi connectivity index (χ3v) is 9.79. The van der Waals surface area contributed by atoms with E-state index in [-0.39, 0.29) is 17.3 Å². The van der Waals surface area contributed by atoms with E-state index < -0.39 is 10.0 Å². The minimum Gasteiger partial charge on any atom is -0.494 e. The summed E-state index contributed by atoms with van der Waals surface area (Å²) in [6, 6.07) is 13.1. The third kappa shape index (κ3) is 5.24. The molecule has 0 unspecified atom stereocenters. The molecule has 1 aliphatic rings. The molecule has 2 aromatic heterocycles. The topological polar surface area (TPSA) is 92.9 Å². The molecule has 11 heteroatoms. The van der Waals surface area contributed by atoms with Gasteiger partial charge in [0.05, 0.1) is 34.5 Å². The van der Waals surface area contributed by atoms with Gasteiger partial charge in [0.1, 0.15) is 17.0 Å². The molecule has 3 heterocycles. The lowest BCUT2D eigenvalue weighted by atomic mass is 10.2. The smallest absolute Gasteiger partial charge is 0.260 e. The van der Waals surface area contributed by atoms with Gasteiger partial charge in [-0.1, -0.05) is 35.8 Å². The monoisotopic (exact) mass is 559 g/mol. The van der Waals surface area contributed by atoms with E-state index in [0.29, 0.717) is 50.5 Å². The molecule has 1 fully saturated rings. The van der Waals surface area contributed by atoms with Crippen LogP contribution in [0.15, 0.2) is 64.1 Å². The minimum atomic E-state index is -3.62. The molecule has 194 valence electrons. The lowest BCUT2D eigenvalue weighted by Gasteiger charge is -2.21. The first-order valence-corrected chi connectivity index (χ1v) is 14.6. The maximum Gasteiger partial charge on any atom is 0.260 e. The number of aromatic nitrogens is 1. The van der Waals surface area contributed by atoms with Crippen molar-refractivity contribution in [3.63, 3.8) is 0 Å². The van der Waals surface area contributed by atoms with Crippen LogP contribution in [-0.4, -0.2) is 43.8 Å². The van der Waals surface area contributed by atoms with Gasteiger partial charge in [-0.15, -0.1) is 0 Å². The van der Waals surface area contributed by atoms with Gasteiger partial charge in [-0.2, -0.15) is 4.31 Å². The summed E-state index contributed by atoms with van der Waals surface area (Å²) in [5, 5.41) is 0.928. The zero-order valence-electron chi connectivity index (χ0n) is 20.2. The number of nitrogens with zero attached hydrogens (tertiary/aromatic N) is 3. The van der Waals surface area contributed by atoms with Crippen molar-refractivity contribution in [3.8, 4) is 5.75 Å². The van der Waals surface area contributed by atoms with E-state index >= 15 is 0 Å². The molecule has 0 radical (unpaired) electrons. The van der Waals surface area contributed by atoms with Gasteiger partial charge in [0, 0.05) is 18.7 Å². The molecular formula is C26H26ClN3O5S2. The lowest BCUT2D eigenvalue weighted by molar-refractivity contribution is 0.0983. The molecule has 5 rings (SSSR count). The Hall–Kier alpha value is -2.92. The van der Waals surface area contributed by atoms with Crippen LogP contribution in [0.4, 0.5) is 5.13 Å². The molecule has 8 nitrogen and oxygen atoms in total. The second-order valence-corrected chi connectivity index (χ2v) is 12.1. The normalized spacial score (nSPS) is 15.0. The van der Waals surface area contributed by atoms with Gasteiger partial charge in [0.15, 0.2) is 5.13 Å². The second-order valence-electron chi connectivity index (χ2n) is 8.74. The number of sulfonamides is 1. The Bertz CT molecular complexity index is 1490. The molecule has 1 saturated heterocycles. The minimum absolute atomic E-state index is 0.138.